The Bertz CT molecular complexity index is 772. The zero-order chi connectivity index (χ0) is 23.5. The molecule has 0 radical (unpaired) electrons. The Morgan fingerprint density at radius 2 is 1.62 bits per heavy atom. The molecule has 0 bridgehead atoms. The average molecular weight is 445 g/mol. The number of rotatable bonds is 12. The number of carbonyl (C=O) groups excluding carboxylic acids is 3. The maximum atomic E-state index is 13.0. The first kappa shape index (κ1) is 25.6. The smallest absolute Gasteiger partial charge is 0.374 e. The van der Waals surface area contributed by atoms with Gasteiger partial charge in [-0.1, -0.05) is 76.3 Å². The number of ketones is 1. The van der Waals surface area contributed by atoms with Crippen LogP contribution in [-0.2, 0) is 25.6 Å². The molecule has 0 spiro atoms. The molecular formula is C25H36N2O5. The van der Waals surface area contributed by atoms with Crippen LogP contribution >= 0.6 is 0 Å². The summed E-state index contributed by atoms with van der Waals surface area (Å²) in [5, 5.41) is 14.6. The van der Waals surface area contributed by atoms with Gasteiger partial charge in [0.05, 0.1) is 0 Å². The van der Waals surface area contributed by atoms with E-state index in [1.54, 1.807) is 24.3 Å². The minimum Gasteiger partial charge on any atom is -0.475 e. The molecule has 1 fully saturated rings. The Balaban J connectivity index is 2.01. The van der Waals surface area contributed by atoms with Crippen LogP contribution in [0, 0.1) is 11.8 Å². The first-order valence-corrected chi connectivity index (χ1v) is 11.7. The highest BCUT2D eigenvalue weighted by Gasteiger charge is 2.30. The van der Waals surface area contributed by atoms with E-state index in [2.05, 4.69) is 10.6 Å². The number of carboxylic acid groups (broad SMARTS) is 1. The molecule has 1 saturated carbocycles. The van der Waals surface area contributed by atoms with Crippen molar-refractivity contribution in [3.63, 3.8) is 0 Å². The molecule has 0 aromatic heterocycles. The normalized spacial score (nSPS) is 16.2. The SMILES string of the molecule is CC(C)C[C@H](NC(=O)CCC1CCCCC1)C(=O)N[C@@H](Cc1ccccc1)C(=O)C(=O)O. The van der Waals surface area contributed by atoms with Gasteiger partial charge in [0, 0.05) is 12.8 Å². The van der Waals surface area contributed by atoms with Crippen LogP contribution in [0.2, 0.25) is 0 Å². The van der Waals surface area contributed by atoms with Crippen molar-refractivity contribution in [3.05, 3.63) is 35.9 Å². The Morgan fingerprint density at radius 3 is 2.22 bits per heavy atom. The van der Waals surface area contributed by atoms with Crippen molar-refractivity contribution in [2.24, 2.45) is 11.8 Å². The van der Waals surface area contributed by atoms with E-state index in [0.717, 1.165) is 24.8 Å². The number of Topliss-reactive ketones (excluding diaryl/α,β-unsaturated/α-hetero) is 1. The van der Waals surface area contributed by atoms with Crippen LogP contribution < -0.4 is 10.6 Å². The molecule has 2 amide bonds. The first-order chi connectivity index (χ1) is 15.3. The van der Waals surface area contributed by atoms with Crippen molar-refractivity contribution >= 4 is 23.6 Å². The number of carboxylic acids is 1. The minimum atomic E-state index is -1.59. The quantitative estimate of drug-likeness (QED) is 0.428. The van der Waals surface area contributed by atoms with Gasteiger partial charge in [0.1, 0.15) is 12.1 Å². The molecule has 0 saturated heterocycles. The van der Waals surface area contributed by atoms with Crippen LogP contribution in [0.5, 0.6) is 0 Å². The summed E-state index contributed by atoms with van der Waals surface area (Å²) in [6, 6.07) is 6.92. The molecule has 1 aliphatic carbocycles. The molecule has 176 valence electrons. The Labute approximate surface area is 190 Å². The second-order valence-corrected chi connectivity index (χ2v) is 9.21. The van der Waals surface area contributed by atoms with E-state index in [1.807, 2.05) is 19.9 Å². The van der Waals surface area contributed by atoms with Gasteiger partial charge < -0.3 is 15.7 Å². The molecule has 32 heavy (non-hydrogen) atoms. The van der Waals surface area contributed by atoms with E-state index in [1.165, 1.54) is 19.3 Å². The Morgan fingerprint density at radius 1 is 0.969 bits per heavy atom. The summed E-state index contributed by atoms with van der Waals surface area (Å²) in [4.78, 5) is 49.1. The van der Waals surface area contributed by atoms with E-state index >= 15 is 0 Å². The largest absolute Gasteiger partial charge is 0.475 e. The van der Waals surface area contributed by atoms with Crippen LogP contribution in [0.3, 0.4) is 0 Å². The first-order valence-electron chi connectivity index (χ1n) is 11.7. The Kier molecular flexibility index (Phi) is 10.4. The molecule has 7 nitrogen and oxygen atoms in total. The molecule has 0 unspecified atom stereocenters. The van der Waals surface area contributed by atoms with Crippen LogP contribution in [0.15, 0.2) is 30.3 Å². The number of nitrogens with one attached hydrogen (secondary N) is 2. The summed E-state index contributed by atoms with van der Waals surface area (Å²) in [6.45, 7) is 3.89. The highest BCUT2D eigenvalue weighted by Crippen LogP contribution is 2.27. The van der Waals surface area contributed by atoms with Crippen molar-refractivity contribution in [3.8, 4) is 0 Å². The highest BCUT2D eigenvalue weighted by molar-refractivity contribution is 6.35. The van der Waals surface area contributed by atoms with Gasteiger partial charge in [-0.25, -0.2) is 4.79 Å². The van der Waals surface area contributed by atoms with Crippen LogP contribution in [-0.4, -0.2) is 40.8 Å². The number of benzene rings is 1. The second kappa shape index (κ2) is 13.0. The van der Waals surface area contributed by atoms with Gasteiger partial charge in [-0.2, -0.15) is 0 Å². The maximum absolute atomic E-state index is 13.0. The molecule has 0 aliphatic heterocycles. The molecule has 3 N–H and O–H groups in total. The topological polar surface area (TPSA) is 113 Å². The lowest BCUT2D eigenvalue weighted by atomic mass is 9.86. The van der Waals surface area contributed by atoms with Gasteiger partial charge in [0.15, 0.2) is 0 Å². The zero-order valence-corrected chi connectivity index (χ0v) is 19.1. The predicted molar refractivity (Wildman–Crippen MR) is 122 cm³/mol. The maximum Gasteiger partial charge on any atom is 0.374 e. The third kappa shape index (κ3) is 8.81. The van der Waals surface area contributed by atoms with Crippen molar-refractivity contribution in [2.75, 3.05) is 0 Å². The van der Waals surface area contributed by atoms with E-state index in [0.29, 0.717) is 18.8 Å². The lowest BCUT2D eigenvalue weighted by Crippen LogP contribution is -2.53. The van der Waals surface area contributed by atoms with Crippen molar-refractivity contribution in [1.29, 1.82) is 0 Å². The fraction of sp³-hybridized carbons (Fsp3) is 0.600. The standard InChI is InChI=1S/C25H36N2O5/c1-17(2)15-21(26-22(28)14-13-18-9-5-3-6-10-18)24(30)27-20(23(29)25(31)32)16-19-11-7-4-8-12-19/h4,7-8,11-12,17-18,20-21H,3,5-6,9-10,13-16H2,1-2H3,(H,26,28)(H,27,30)(H,31,32)/t20-,21-/m0/s1. The highest BCUT2D eigenvalue weighted by atomic mass is 16.4. The second-order valence-electron chi connectivity index (χ2n) is 9.21. The summed E-state index contributed by atoms with van der Waals surface area (Å²) < 4.78 is 0. The van der Waals surface area contributed by atoms with E-state index in [9.17, 15) is 24.3 Å². The molecule has 7 heteroatoms. The summed E-state index contributed by atoms with van der Waals surface area (Å²) in [7, 11) is 0. The van der Waals surface area contributed by atoms with E-state index in [-0.39, 0.29) is 18.2 Å². The summed E-state index contributed by atoms with van der Waals surface area (Å²) in [5.74, 6) is -2.68. The summed E-state index contributed by atoms with van der Waals surface area (Å²) in [6.07, 6.45) is 7.66. The number of hydrogen-bond acceptors (Lipinski definition) is 4. The zero-order valence-electron chi connectivity index (χ0n) is 19.1. The average Bonchev–Trinajstić information content (AvgIpc) is 2.77. The van der Waals surface area contributed by atoms with Gasteiger partial charge in [-0.05, 0) is 30.2 Å². The summed E-state index contributed by atoms with van der Waals surface area (Å²) >= 11 is 0. The molecular weight excluding hydrogens is 408 g/mol. The van der Waals surface area contributed by atoms with Crippen molar-refractivity contribution in [2.45, 2.75) is 83.7 Å². The fourth-order valence-corrected chi connectivity index (χ4v) is 4.26. The lowest BCUT2D eigenvalue weighted by Gasteiger charge is -2.24. The van der Waals surface area contributed by atoms with Gasteiger partial charge in [0.2, 0.25) is 11.8 Å². The van der Waals surface area contributed by atoms with Gasteiger partial charge in [-0.15, -0.1) is 0 Å². The Hall–Kier alpha value is -2.70. The summed E-state index contributed by atoms with van der Waals surface area (Å²) in [5.41, 5.74) is 0.740. The van der Waals surface area contributed by atoms with E-state index in [4.69, 9.17) is 0 Å². The van der Waals surface area contributed by atoms with Gasteiger partial charge in [0.25, 0.3) is 5.78 Å². The lowest BCUT2D eigenvalue weighted by molar-refractivity contribution is -0.150. The van der Waals surface area contributed by atoms with E-state index < -0.39 is 29.7 Å². The van der Waals surface area contributed by atoms with Crippen LogP contribution in [0.25, 0.3) is 0 Å². The molecule has 1 aliphatic rings. The van der Waals surface area contributed by atoms with Crippen LogP contribution in [0.4, 0.5) is 0 Å². The third-order valence-electron chi connectivity index (χ3n) is 5.99. The number of hydrogen-bond donors (Lipinski definition) is 3. The molecule has 1 aromatic carbocycles. The number of carbonyl (C=O) groups is 4. The van der Waals surface area contributed by atoms with Crippen molar-refractivity contribution < 1.29 is 24.3 Å². The monoisotopic (exact) mass is 444 g/mol. The molecule has 0 heterocycles. The van der Waals surface area contributed by atoms with Crippen molar-refractivity contribution in [1.82, 2.24) is 10.6 Å². The predicted octanol–water partition coefficient (Wildman–Crippen LogP) is 3.26. The minimum absolute atomic E-state index is 0.0712. The molecule has 2 atom stereocenters. The van der Waals surface area contributed by atoms with Gasteiger partial charge >= 0.3 is 5.97 Å². The fourth-order valence-electron chi connectivity index (χ4n) is 4.26. The van der Waals surface area contributed by atoms with Crippen LogP contribution in [0.1, 0.15) is 70.8 Å². The molecule has 2 rings (SSSR count). The number of aliphatic carboxylic acids is 1. The van der Waals surface area contributed by atoms with Gasteiger partial charge in [-0.3, -0.25) is 14.4 Å². The number of amides is 2. The molecule has 1 aromatic rings. The third-order valence-corrected chi connectivity index (χ3v) is 5.99.